The van der Waals surface area contributed by atoms with Gasteiger partial charge in [0.15, 0.2) is 9.84 Å². The fourth-order valence-corrected chi connectivity index (χ4v) is 3.71. The van der Waals surface area contributed by atoms with Crippen LogP contribution < -0.4 is 5.32 Å². The summed E-state index contributed by atoms with van der Waals surface area (Å²) in [6.45, 7) is 2.04. The SMILES string of the molecule is CC(NC1CCS(=O)(=O)C1)c1ccncc1. The highest BCUT2D eigenvalue weighted by Crippen LogP contribution is 2.17. The average Bonchev–Trinajstić information content (AvgIpc) is 2.59. The maximum absolute atomic E-state index is 11.3. The van der Waals surface area contributed by atoms with Crippen LogP contribution in [0.25, 0.3) is 0 Å². The molecule has 4 nitrogen and oxygen atoms in total. The Balaban J connectivity index is 1.96. The number of pyridine rings is 1. The highest BCUT2D eigenvalue weighted by molar-refractivity contribution is 7.91. The Kier molecular flexibility index (Phi) is 3.25. The third kappa shape index (κ3) is 2.80. The van der Waals surface area contributed by atoms with Crippen LogP contribution in [0.4, 0.5) is 0 Å². The van der Waals surface area contributed by atoms with Gasteiger partial charge in [-0.25, -0.2) is 8.42 Å². The van der Waals surface area contributed by atoms with Crippen LogP contribution in [0.3, 0.4) is 0 Å². The summed E-state index contributed by atoms with van der Waals surface area (Å²) in [4.78, 5) is 3.96. The molecule has 1 aliphatic heterocycles. The van der Waals surface area contributed by atoms with E-state index in [2.05, 4.69) is 10.3 Å². The fourth-order valence-electron chi connectivity index (χ4n) is 2.03. The van der Waals surface area contributed by atoms with Gasteiger partial charge in [0.05, 0.1) is 11.5 Å². The highest BCUT2D eigenvalue weighted by Gasteiger charge is 2.28. The van der Waals surface area contributed by atoms with Gasteiger partial charge in [0, 0.05) is 24.5 Å². The molecule has 1 N–H and O–H groups in total. The second-order valence-electron chi connectivity index (χ2n) is 4.27. The van der Waals surface area contributed by atoms with Crippen molar-refractivity contribution in [3.8, 4) is 0 Å². The number of sulfone groups is 1. The first-order chi connectivity index (χ1) is 7.57. The molecule has 2 atom stereocenters. The maximum Gasteiger partial charge on any atom is 0.151 e. The van der Waals surface area contributed by atoms with Crippen LogP contribution in [0.5, 0.6) is 0 Å². The molecule has 1 aromatic rings. The third-order valence-corrected chi connectivity index (χ3v) is 4.69. The van der Waals surface area contributed by atoms with Crippen molar-refractivity contribution < 1.29 is 8.42 Å². The zero-order chi connectivity index (χ0) is 11.6. The molecule has 2 heterocycles. The van der Waals surface area contributed by atoms with Crippen LogP contribution in [0.1, 0.15) is 24.9 Å². The Labute approximate surface area is 96.0 Å². The normalized spacial score (nSPS) is 25.4. The van der Waals surface area contributed by atoms with Crippen molar-refractivity contribution in [2.45, 2.75) is 25.4 Å². The van der Waals surface area contributed by atoms with E-state index >= 15 is 0 Å². The van der Waals surface area contributed by atoms with Gasteiger partial charge in [-0.15, -0.1) is 0 Å². The van der Waals surface area contributed by atoms with E-state index in [9.17, 15) is 8.42 Å². The summed E-state index contributed by atoms with van der Waals surface area (Å²) in [5, 5.41) is 3.34. The Morgan fingerprint density at radius 2 is 2.12 bits per heavy atom. The predicted molar refractivity (Wildman–Crippen MR) is 62.8 cm³/mol. The first-order valence-electron chi connectivity index (χ1n) is 5.43. The number of nitrogens with one attached hydrogen (secondary N) is 1. The van der Waals surface area contributed by atoms with Crippen molar-refractivity contribution in [3.63, 3.8) is 0 Å². The lowest BCUT2D eigenvalue weighted by Crippen LogP contribution is -2.32. The Morgan fingerprint density at radius 1 is 1.44 bits per heavy atom. The van der Waals surface area contributed by atoms with Gasteiger partial charge in [0.1, 0.15) is 0 Å². The van der Waals surface area contributed by atoms with Gasteiger partial charge < -0.3 is 5.32 Å². The minimum Gasteiger partial charge on any atom is -0.306 e. The Hall–Kier alpha value is -0.940. The van der Waals surface area contributed by atoms with E-state index in [-0.39, 0.29) is 17.8 Å². The van der Waals surface area contributed by atoms with Crippen LogP contribution in [-0.2, 0) is 9.84 Å². The first kappa shape index (κ1) is 11.5. The van der Waals surface area contributed by atoms with Crippen molar-refractivity contribution in [1.82, 2.24) is 10.3 Å². The van der Waals surface area contributed by atoms with E-state index in [1.165, 1.54) is 0 Å². The molecule has 2 rings (SSSR count). The van der Waals surface area contributed by atoms with Gasteiger partial charge in [-0.05, 0) is 31.0 Å². The van der Waals surface area contributed by atoms with E-state index in [0.29, 0.717) is 5.75 Å². The predicted octanol–water partition coefficient (Wildman–Crippen LogP) is 0.919. The van der Waals surface area contributed by atoms with Crippen molar-refractivity contribution in [3.05, 3.63) is 30.1 Å². The molecule has 0 aliphatic carbocycles. The van der Waals surface area contributed by atoms with Crippen LogP contribution in [-0.4, -0.2) is 30.9 Å². The minimum absolute atomic E-state index is 0.0909. The molecule has 0 saturated carbocycles. The lowest BCUT2D eigenvalue weighted by atomic mass is 10.1. The van der Waals surface area contributed by atoms with Crippen molar-refractivity contribution in [1.29, 1.82) is 0 Å². The van der Waals surface area contributed by atoms with E-state index in [1.807, 2.05) is 19.1 Å². The molecule has 5 heteroatoms. The van der Waals surface area contributed by atoms with Gasteiger partial charge in [0.25, 0.3) is 0 Å². The number of rotatable bonds is 3. The number of aromatic nitrogens is 1. The second-order valence-corrected chi connectivity index (χ2v) is 6.50. The highest BCUT2D eigenvalue weighted by atomic mass is 32.2. The maximum atomic E-state index is 11.3. The van der Waals surface area contributed by atoms with E-state index in [4.69, 9.17) is 0 Å². The third-order valence-electron chi connectivity index (χ3n) is 2.92. The minimum atomic E-state index is -2.80. The molecule has 0 radical (unpaired) electrons. The Morgan fingerprint density at radius 3 is 2.69 bits per heavy atom. The number of nitrogens with zero attached hydrogens (tertiary/aromatic N) is 1. The number of hydrogen-bond acceptors (Lipinski definition) is 4. The smallest absolute Gasteiger partial charge is 0.151 e. The van der Waals surface area contributed by atoms with Crippen molar-refractivity contribution >= 4 is 9.84 Å². The summed E-state index contributed by atoms with van der Waals surface area (Å²) in [7, 11) is -2.80. The van der Waals surface area contributed by atoms with Crippen molar-refractivity contribution in [2.24, 2.45) is 0 Å². The summed E-state index contributed by atoms with van der Waals surface area (Å²) < 4.78 is 22.6. The summed E-state index contributed by atoms with van der Waals surface area (Å²) in [6.07, 6.45) is 4.22. The monoisotopic (exact) mass is 240 g/mol. The van der Waals surface area contributed by atoms with Gasteiger partial charge in [-0.2, -0.15) is 0 Å². The molecule has 1 aliphatic rings. The standard InChI is InChI=1S/C11H16N2O2S/c1-9(10-2-5-12-6-3-10)13-11-4-7-16(14,15)8-11/h2-3,5-6,9,11,13H,4,7-8H2,1H3. The average molecular weight is 240 g/mol. The van der Waals surface area contributed by atoms with Crippen LogP contribution in [0.15, 0.2) is 24.5 Å². The summed E-state index contributed by atoms with van der Waals surface area (Å²) >= 11 is 0. The van der Waals surface area contributed by atoms with E-state index < -0.39 is 9.84 Å². The molecule has 0 amide bonds. The molecule has 2 unspecified atom stereocenters. The molecule has 0 spiro atoms. The Bertz CT molecular complexity index is 444. The zero-order valence-corrected chi connectivity index (χ0v) is 10.1. The molecular weight excluding hydrogens is 224 g/mol. The molecule has 1 aromatic heterocycles. The number of hydrogen-bond donors (Lipinski definition) is 1. The topological polar surface area (TPSA) is 59.1 Å². The van der Waals surface area contributed by atoms with Crippen LogP contribution in [0, 0.1) is 0 Å². The van der Waals surface area contributed by atoms with Gasteiger partial charge in [0.2, 0.25) is 0 Å². The van der Waals surface area contributed by atoms with Crippen LogP contribution in [0.2, 0.25) is 0 Å². The summed E-state index contributed by atoms with van der Waals surface area (Å²) in [5.74, 6) is 0.580. The van der Waals surface area contributed by atoms with E-state index in [0.717, 1.165) is 12.0 Å². The fraction of sp³-hybridized carbons (Fsp3) is 0.545. The molecule has 16 heavy (non-hydrogen) atoms. The quantitative estimate of drug-likeness (QED) is 0.853. The molecular formula is C11H16N2O2S. The molecule has 0 bridgehead atoms. The lowest BCUT2D eigenvalue weighted by Gasteiger charge is -2.18. The van der Waals surface area contributed by atoms with Crippen LogP contribution >= 0.6 is 0 Å². The lowest BCUT2D eigenvalue weighted by molar-refractivity contribution is 0.484. The molecule has 1 saturated heterocycles. The van der Waals surface area contributed by atoms with Gasteiger partial charge in [-0.3, -0.25) is 4.98 Å². The summed E-state index contributed by atoms with van der Waals surface area (Å²) in [5.41, 5.74) is 1.14. The van der Waals surface area contributed by atoms with Gasteiger partial charge in [-0.1, -0.05) is 0 Å². The first-order valence-corrected chi connectivity index (χ1v) is 7.25. The van der Waals surface area contributed by atoms with Crippen molar-refractivity contribution in [2.75, 3.05) is 11.5 Å². The van der Waals surface area contributed by atoms with E-state index in [1.54, 1.807) is 12.4 Å². The van der Waals surface area contributed by atoms with Gasteiger partial charge >= 0.3 is 0 Å². The molecule has 0 aromatic carbocycles. The largest absolute Gasteiger partial charge is 0.306 e. The summed E-state index contributed by atoms with van der Waals surface area (Å²) in [6, 6.07) is 4.15. The molecule has 88 valence electrons. The second kappa shape index (κ2) is 4.51. The zero-order valence-electron chi connectivity index (χ0n) is 9.26. The molecule has 1 fully saturated rings.